The minimum atomic E-state index is -3.77. The average Bonchev–Trinajstić information content (AvgIpc) is 2.78. The van der Waals surface area contributed by atoms with Gasteiger partial charge in [0.15, 0.2) is 0 Å². The first kappa shape index (κ1) is 25.1. The maximum Gasteiger partial charge on any atom is 0.241 e. The maximum absolute atomic E-state index is 13.2. The summed E-state index contributed by atoms with van der Waals surface area (Å²) >= 11 is 7.56. The molecule has 1 atom stereocenters. The molecule has 1 aliphatic rings. The minimum absolute atomic E-state index is 0.152. The third-order valence-electron chi connectivity index (χ3n) is 5.54. The zero-order chi connectivity index (χ0) is 23.1. The monoisotopic (exact) mass is 495 g/mol. The molecule has 2 aromatic carbocycles. The Morgan fingerprint density at radius 3 is 2.28 bits per heavy atom. The summed E-state index contributed by atoms with van der Waals surface area (Å²) in [6, 6.07) is 13.7. The van der Waals surface area contributed by atoms with Gasteiger partial charge in [0, 0.05) is 37.7 Å². The second-order valence-electron chi connectivity index (χ2n) is 8.00. The van der Waals surface area contributed by atoms with Crippen molar-refractivity contribution in [2.24, 2.45) is 0 Å². The summed E-state index contributed by atoms with van der Waals surface area (Å²) in [5.41, 5.74) is 2.16. The molecule has 0 radical (unpaired) electrons. The van der Waals surface area contributed by atoms with Crippen molar-refractivity contribution in [3.05, 3.63) is 64.7 Å². The number of halogens is 1. The molecule has 1 amide bonds. The zero-order valence-corrected chi connectivity index (χ0v) is 20.8. The van der Waals surface area contributed by atoms with Gasteiger partial charge in [-0.1, -0.05) is 41.4 Å². The lowest BCUT2D eigenvalue weighted by molar-refractivity contribution is -0.134. The van der Waals surface area contributed by atoms with Crippen LogP contribution >= 0.6 is 23.4 Å². The Hall–Kier alpha value is -1.58. The smallest absolute Gasteiger partial charge is 0.241 e. The summed E-state index contributed by atoms with van der Waals surface area (Å²) < 4.78 is 28.4. The van der Waals surface area contributed by atoms with Crippen molar-refractivity contribution in [1.82, 2.24) is 14.5 Å². The van der Waals surface area contributed by atoms with Gasteiger partial charge in [0.1, 0.15) is 6.04 Å². The number of rotatable bonds is 9. The molecule has 2 aromatic rings. The van der Waals surface area contributed by atoms with Crippen LogP contribution in [0.15, 0.2) is 53.4 Å². The summed E-state index contributed by atoms with van der Waals surface area (Å²) in [5, 5.41) is 0.716. The highest BCUT2D eigenvalue weighted by Crippen LogP contribution is 2.16. The van der Waals surface area contributed by atoms with Crippen LogP contribution in [0, 0.1) is 6.92 Å². The van der Waals surface area contributed by atoms with Gasteiger partial charge >= 0.3 is 0 Å². The fourth-order valence-electron chi connectivity index (χ4n) is 3.64. The van der Waals surface area contributed by atoms with Crippen LogP contribution in [0.25, 0.3) is 0 Å². The van der Waals surface area contributed by atoms with Crippen LogP contribution in [0.1, 0.15) is 17.5 Å². The average molecular weight is 496 g/mol. The molecule has 1 unspecified atom stereocenters. The SMILES string of the molecule is CSCCC(NS(=O)(=O)c1ccc(C)cc1)C(=O)N1CCN(Cc2ccc(Cl)cc2)CC1. The molecule has 0 aromatic heterocycles. The van der Waals surface area contributed by atoms with Crippen molar-refractivity contribution < 1.29 is 13.2 Å². The Morgan fingerprint density at radius 1 is 1.06 bits per heavy atom. The van der Waals surface area contributed by atoms with Crippen LogP contribution in [0.5, 0.6) is 0 Å². The van der Waals surface area contributed by atoms with Crippen molar-refractivity contribution in [2.75, 3.05) is 38.2 Å². The highest BCUT2D eigenvalue weighted by Gasteiger charge is 2.30. The first-order valence-electron chi connectivity index (χ1n) is 10.6. The molecule has 9 heteroatoms. The van der Waals surface area contributed by atoms with Crippen LogP contribution in [-0.2, 0) is 21.4 Å². The van der Waals surface area contributed by atoms with Gasteiger partial charge in [-0.25, -0.2) is 8.42 Å². The Morgan fingerprint density at radius 2 is 1.69 bits per heavy atom. The van der Waals surface area contributed by atoms with Crippen LogP contribution in [-0.4, -0.2) is 68.4 Å². The van der Waals surface area contributed by atoms with Crippen molar-refractivity contribution in [1.29, 1.82) is 0 Å². The first-order chi connectivity index (χ1) is 15.3. The predicted molar refractivity (Wildman–Crippen MR) is 132 cm³/mol. The number of carbonyl (C=O) groups excluding carboxylic acids is 1. The maximum atomic E-state index is 13.2. The number of hydrogen-bond acceptors (Lipinski definition) is 5. The molecule has 174 valence electrons. The van der Waals surface area contributed by atoms with Crippen molar-refractivity contribution >= 4 is 39.3 Å². The molecular weight excluding hydrogens is 466 g/mol. The minimum Gasteiger partial charge on any atom is -0.339 e. The van der Waals surface area contributed by atoms with Gasteiger partial charge in [-0.3, -0.25) is 9.69 Å². The summed E-state index contributed by atoms with van der Waals surface area (Å²) in [7, 11) is -3.77. The van der Waals surface area contributed by atoms with E-state index in [1.807, 2.05) is 37.4 Å². The molecule has 1 saturated heterocycles. The number of thioether (sulfide) groups is 1. The number of aryl methyl sites for hydroxylation is 1. The van der Waals surface area contributed by atoms with Gasteiger partial charge in [-0.05, 0) is 55.2 Å². The molecule has 1 aliphatic heterocycles. The Bertz CT molecular complexity index is 990. The highest BCUT2D eigenvalue weighted by atomic mass is 35.5. The number of nitrogens with one attached hydrogen (secondary N) is 1. The Labute approximate surface area is 200 Å². The number of benzene rings is 2. The molecule has 3 rings (SSSR count). The highest BCUT2D eigenvalue weighted by molar-refractivity contribution is 7.98. The van der Waals surface area contributed by atoms with E-state index in [1.165, 1.54) is 5.56 Å². The van der Waals surface area contributed by atoms with E-state index in [9.17, 15) is 13.2 Å². The summed E-state index contributed by atoms with van der Waals surface area (Å²) in [6.45, 7) is 5.35. The van der Waals surface area contributed by atoms with E-state index >= 15 is 0 Å². The third kappa shape index (κ3) is 6.96. The van der Waals surface area contributed by atoms with E-state index in [1.54, 1.807) is 40.9 Å². The molecule has 1 N–H and O–H groups in total. The standard InChI is InChI=1S/C23H30ClN3O3S2/c1-18-3-9-21(10-4-18)32(29,30)25-22(11-16-31-2)23(28)27-14-12-26(13-15-27)17-19-5-7-20(24)8-6-19/h3-10,22,25H,11-17H2,1-2H3. The fourth-order valence-corrected chi connectivity index (χ4v) is 5.46. The van der Waals surface area contributed by atoms with Crippen LogP contribution in [0.4, 0.5) is 0 Å². The van der Waals surface area contributed by atoms with Gasteiger partial charge in [-0.2, -0.15) is 16.5 Å². The molecule has 0 aliphatic carbocycles. The number of sulfonamides is 1. The van der Waals surface area contributed by atoms with Crippen LogP contribution < -0.4 is 4.72 Å². The lowest BCUT2D eigenvalue weighted by atomic mass is 10.1. The van der Waals surface area contributed by atoms with Gasteiger partial charge in [0.05, 0.1) is 4.90 Å². The van der Waals surface area contributed by atoms with Crippen molar-refractivity contribution in [3.63, 3.8) is 0 Å². The van der Waals surface area contributed by atoms with E-state index in [0.29, 0.717) is 30.3 Å². The van der Waals surface area contributed by atoms with Gasteiger partial charge in [-0.15, -0.1) is 0 Å². The summed E-state index contributed by atoms with van der Waals surface area (Å²) in [6.07, 6.45) is 2.40. The van der Waals surface area contributed by atoms with Gasteiger partial charge in [0.2, 0.25) is 15.9 Å². The fraction of sp³-hybridized carbons (Fsp3) is 0.435. The predicted octanol–water partition coefficient (Wildman–Crippen LogP) is 3.39. The Balaban J connectivity index is 1.61. The molecule has 6 nitrogen and oxygen atoms in total. The van der Waals surface area contributed by atoms with Gasteiger partial charge < -0.3 is 4.90 Å². The zero-order valence-electron chi connectivity index (χ0n) is 18.5. The second kappa shape index (κ2) is 11.5. The largest absolute Gasteiger partial charge is 0.339 e. The van der Waals surface area contributed by atoms with E-state index in [2.05, 4.69) is 9.62 Å². The number of carbonyl (C=O) groups is 1. The normalized spacial score (nSPS) is 16.2. The van der Waals surface area contributed by atoms with Crippen LogP contribution in [0.2, 0.25) is 5.02 Å². The number of nitrogens with zero attached hydrogens (tertiary/aromatic N) is 2. The number of hydrogen-bond donors (Lipinski definition) is 1. The summed E-state index contributed by atoms with van der Waals surface area (Å²) in [4.78, 5) is 17.5. The van der Waals surface area contributed by atoms with E-state index < -0.39 is 16.1 Å². The van der Waals surface area contributed by atoms with Gasteiger partial charge in [0.25, 0.3) is 0 Å². The molecule has 32 heavy (non-hydrogen) atoms. The van der Waals surface area contributed by atoms with Crippen molar-refractivity contribution in [3.8, 4) is 0 Å². The lowest BCUT2D eigenvalue weighted by Crippen LogP contribution is -2.54. The molecule has 1 heterocycles. The Kier molecular flexibility index (Phi) is 9.02. The van der Waals surface area contributed by atoms with E-state index in [-0.39, 0.29) is 10.8 Å². The van der Waals surface area contributed by atoms with E-state index in [4.69, 9.17) is 11.6 Å². The third-order valence-corrected chi connectivity index (χ3v) is 7.92. The quantitative estimate of drug-likeness (QED) is 0.577. The molecular formula is C23H30ClN3O3S2. The first-order valence-corrected chi connectivity index (χ1v) is 13.9. The van der Waals surface area contributed by atoms with Crippen molar-refractivity contribution in [2.45, 2.75) is 30.8 Å². The second-order valence-corrected chi connectivity index (χ2v) is 11.1. The molecule has 0 bridgehead atoms. The lowest BCUT2D eigenvalue weighted by Gasteiger charge is -2.36. The number of piperazine rings is 1. The summed E-state index contributed by atoms with van der Waals surface area (Å²) in [5.74, 6) is 0.546. The number of amides is 1. The topological polar surface area (TPSA) is 69.7 Å². The molecule has 0 spiro atoms. The van der Waals surface area contributed by atoms with Crippen LogP contribution in [0.3, 0.4) is 0 Å². The molecule has 1 fully saturated rings. The van der Waals surface area contributed by atoms with E-state index in [0.717, 1.165) is 25.2 Å². The molecule has 0 saturated carbocycles.